The van der Waals surface area contributed by atoms with Gasteiger partial charge in [-0.15, -0.1) is 13.2 Å². The fourth-order valence-electron chi connectivity index (χ4n) is 1.10. The molecule has 1 N–H and O–H groups in total. The molecule has 0 saturated heterocycles. The lowest BCUT2D eigenvalue weighted by Crippen LogP contribution is -2.19. The van der Waals surface area contributed by atoms with Gasteiger partial charge in [0.1, 0.15) is 0 Å². The van der Waals surface area contributed by atoms with Gasteiger partial charge in [0.15, 0.2) is 0 Å². The van der Waals surface area contributed by atoms with Crippen LogP contribution in [0, 0.1) is 6.92 Å². The van der Waals surface area contributed by atoms with Crippen LogP contribution in [0.2, 0.25) is 0 Å². The van der Waals surface area contributed by atoms with Crippen molar-refractivity contribution >= 4 is 5.97 Å². The molecule has 8 heteroatoms. The van der Waals surface area contributed by atoms with Crippen molar-refractivity contribution in [3.8, 4) is 11.8 Å². The molecule has 0 bridgehead atoms. The highest BCUT2D eigenvalue weighted by Crippen LogP contribution is 2.28. The van der Waals surface area contributed by atoms with Gasteiger partial charge in [-0.1, -0.05) is 0 Å². The molecule has 1 heterocycles. The second-order valence-corrected chi connectivity index (χ2v) is 3.00. The minimum absolute atomic E-state index is 0.226. The van der Waals surface area contributed by atoms with Gasteiger partial charge in [0.05, 0.1) is 12.7 Å². The third kappa shape index (κ3) is 3.23. The topological polar surface area (TPSA) is 68.7 Å². The Morgan fingerprint density at radius 1 is 1.47 bits per heavy atom. The zero-order valence-electron chi connectivity index (χ0n) is 8.83. The Bertz CT molecular complexity index is 445. The molecular weight excluding hydrogens is 243 g/mol. The Morgan fingerprint density at radius 2 is 2.06 bits per heavy atom. The third-order valence-electron chi connectivity index (χ3n) is 1.86. The monoisotopic (exact) mass is 251 g/mol. The summed E-state index contributed by atoms with van der Waals surface area (Å²) in [6.07, 6.45) is -4.94. The van der Waals surface area contributed by atoms with Gasteiger partial charge in [0, 0.05) is 11.6 Å². The molecule has 0 unspecified atom stereocenters. The SMILES string of the molecule is COc1cc(C(=O)O)c(C)c(OC(F)(F)F)n1. The van der Waals surface area contributed by atoms with Gasteiger partial charge in [-0.3, -0.25) is 0 Å². The average Bonchev–Trinajstić information content (AvgIpc) is 2.18. The number of pyridine rings is 1. The first-order chi connectivity index (χ1) is 7.74. The van der Waals surface area contributed by atoms with Crippen molar-refractivity contribution in [1.29, 1.82) is 0 Å². The number of ether oxygens (including phenoxy) is 2. The molecule has 17 heavy (non-hydrogen) atoms. The first-order valence-electron chi connectivity index (χ1n) is 4.29. The molecule has 1 aromatic heterocycles. The second-order valence-electron chi connectivity index (χ2n) is 3.00. The number of carboxylic acids is 1. The fraction of sp³-hybridized carbons (Fsp3) is 0.333. The zero-order chi connectivity index (χ0) is 13.2. The molecule has 0 fully saturated rings. The summed E-state index contributed by atoms with van der Waals surface area (Å²) < 4.78 is 44.3. The summed E-state index contributed by atoms with van der Waals surface area (Å²) in [5.74, 6) is -2.50. The van der Waals surface area contributed by atoms with Crippen LogP contribution < -0.4 is 9.47 Å². The Hall–Kier alpha value is -1.99. The maximum absolute atomic E-state index is 12.0. The van der Waals surface area contributed by atoms with Crippen molar-refractivity contribution in [2.45, 2.75) is 13.3 Å². The Labute approximate surface area is 93.8 Å². The number of rotatable bonds is 3. The maximum Gasteiger partial charge on any atom is 0.574 e. The van der Waals surface area contributed by atoms with E-state index in [4.69, 9.17) is 5.11 Å². The highest BCUT2D eigenvalue weighted by atomic mass is 19.4. The van der Waals surface area contributed by atoms with Crippen LogP contribution >= 0.6 is 0 Å². The fourth-order valence-corrected chi connectivity index (χ4v) is 1.10. The molecule has 0 saturated carbocycles. The highest BCUT2D eigenvalue weighted by Gasteiger charge is 2.33. The van der Waals surface area contributed by atoms with Crippen molar-refractivity contribution in [3.63, 3.8) is 0 Å². The molecule has 0 aliphatic heterocycles. The molecule has 0 aliphatic rings. The van der Waals surface area contributed by atoms with E-state index >= 15 is 0 Å². The van der Waals surface area contributed by atoms with Crippen molar-refractivity contribution in [2.24, 2.45) is 0 Å². The minimum atomic E-state index is -4.94. The van der Waals surface area contributed by atoms with Crippen LogP contribution in [-0.2, 0) is 0 Å². The van der Waals surface area contributed by atoms with E-state index in [0.29, 0.717) is 0 Å². The number of halogens is 3. The summed E-state index contributed by atoms with van der Waals surface area (Å²) in [6.45, 7) is 1.16. The molecule has 0 spiro atoms. The van der Waals surface area contributed by atoms with E-state index in [2.05, 4.69) is 14.5 Å². The van der Waals surface area contributed by atoms with E-state index in [1.165, 1.54) is 0 Å². The van der Waals surface area contributed by atoms with Crippen LogP contribution in [0.4, 0.5) is 13.2 Å². The number of aromatic nitrogens is 1. The van der Waals surface area contributed by atoms with E-state index in [-0.39, 0.29) is 17.0 Å². The summed E-state index contributed by atoms with van der Waals surface area (Å²) >= 11 is 0. The number of methoxy groups -OCH3 is 1. The van der Waals surface area contributed by atoms with Crippen molar-refractivity contribution in [1.82, 2.24) is 4.98 Å². The Balaban J connectivity index is 3.29. The lowest BCUT2D eigenvalue weighted by atomic mass is 10.1. The van der Waals surface area contributed by atoms with E-state index < -0.39 is 18.2 Å². The van der Waals surface area contributed by atoms with Gasteiger partial charge >= 0.3 is 12.3 Å². The van der Waals surface area contributed by atoms with Gasteiger partial charge in [0.25, 0.3) is 0 Å². The largest absolute Gasteiger partial charge is 0.574 e. The first kappa shape index (κ1) is 13.1. The number of hydrogen-bond donors (Lipinski definition) is 1. The van der Waals surface area contributed by atoms with E-state index in [1.807, 2.05) is 0 Å². The molecular formula is C9H8F3NO4. The first-order valence-corrected chi connectivity index (χ1v) is 4.29. The quantitative estimate of drug-likeness (QED) is 0.889. The normalized spacial score (nSPS) is 11.1. The standard InChI is InChI=1S/C9H8F3NO4/c1-4-5(8(14)15)3-6(16-2)13-7(4)17-9(10,11)12/h3H,1-2H3,(H,14,15). The van der Waals surface area contributed by atoms with Gasteiger partial charge in [0.2, 0.25) is 11.8 Å². The predicted octanol–water partition coefficient (Wildman–Crippen LogP) is 2.00. The molecule has 0 aromatic carbocycles. The van der Waals surface area contributed by atoms with Crippen molar-refractivity contribution in [2.75, 3.05) is 7.11 Å². The van der Waals surface area contributed by atoms with Crippen molar-refractivity contribution in [3.05, 3.63) is 17.2 Å². The Kier molecular flexibility index (Phi) is 3.45. The molecule has 0 atom stereocenters. The predicted molar refractivity (Wildman–Crippen MR) is 49.2 cm³/mol. The third-order valence-corrected chi connectivity index (χ3v) is 1.86. The number of carboxylic acid groups (broad SMARTS) is 1. The lowest BCUT2D eigenvalue weighted by Gasteiger charge is -2.12. The second kappa shape index (κ2) is 4.48. The molecule has 0 aliphatic carbocycles. The van der Waals surface area contributed by atoms with Crippen LogP contribution in [0.15, 0.2) is 6.07 Å². The number of alkyl halides is 3. The molecule has 1 aromatic rings. The average molecular weight is 251 g/mol. The minimum Gasteiger partial charge on any atom is -0.481 e. The number of hydrogen-bond acceptors (Lipinski definition) is 4. The smallest absolute Gasteiger partial charge is 0.481 e. The van der Waals surface area contributed by atoms with E-state index in [1.54, 1.807) is 0 Å². The molecule has 94 valence electrons. The molecule has 0 amide bonds. The van der Waals surface area contributed by atoms with E-state index in [9.17, 15) is 18.0 Å². The van der Waals surface area contributed by atoms with Gasteiger partial charge in [-0.2, -0.15) is 4.98 Å². The number of aromatic carboxylic acids is 1. The number of carbonyl (C=O) groups is 1. The van der Waals surface area contributed by atoms with Crippen LogP contribution in [0.3, 0.4) is 0 Å². The lowest BCUT2D eigenvalue weighted by molar-refractivity contribution is -0.276. The van der Waals surface area contributed by atoms with Crippen LogP contribution in [0.5, 0.6) is 11.8 Å². The molecule has 0 radical (unpaired) electrons. The van der Waals surface area contributed by atoms with E-state index in [0.717, 1.165) is 20.1 Å². The van der Waals surface area contributed by atoms with Gasteiger partial charge in [-0.25, -0.2) is 4.79 Å². The highest BCUT2D eigenvalue weighted by molar-refractivity contribution is 5.90. The van der Waals surface area contributed by atoms with Crippen LogP contribution in [0.1, 0.15) is 15.9 Å². The Morgan fingerprint density at radius 3 is 2.47 bits per heavy atom. The summed E-state index contributed by atoms with van der Waals surface area (Å²) in [5.41, 5.74) is -0.591. The summed E-state index contributed by atoms with van der Waals surface area (Å²) in [4.78, 5) is 14.2. The summed E-state index contributed by atoms with van der Waals surface area (Å²) in [5, 5.41) is 8.79. The van der Waals surface area contributed by atoms with Gasteiger partial charge < -0.3 is 14.6 Å². The van der Waals surface area contributed by atoms with Gasteiger partial charge in [-0.05, 0) is 6.92 Å². The maximum atomic E-state index is 12.0. The zero-order valence-corrected chi connectivity index (χ0v) is 8.83. The van der Waals surface area contributed by atoms with Crippen LogP contribution in [-0.4, -0.2) is 29.5 Å². The summed E-state index contributed by atoms with van der Waals surface area (Å²) in [6, 6.07) is 1.01. The van der Waals surface area contributed by atoms with Crippen LogP contribution in [0.25, 0.3) is 0 Å². The molecule has 5 nitrogen and oxygen atoms in total. The van der Waals surface area contributed by atoms with Crippen molar-refractivity contribution < 1.29 is 32.5 Å². The summed E-state index contributed by atoms with van der Waals surface area (Å²) in [7, 11) is 1.15. The number of nitrogens with zero attached hydrogens (tertiary/aromatic N) is 1. The molecule has 1 rings (SSSR count).